The van der Waals surface area contributed by atoms with E-state index in [9.17, 15) is 4.79 Å². The van der Waals surface area contributed by atoms with Gasteiger partial charge >= 0.3 is 5.97 Å². The lowest BCUT2D eigenvalue weighted by molar-refractivity contribution is 0.0574. The third-order valence-corrected chi connectivity index (χ3v) is 4.15. The van der Waals surface area contributed by atoms with E-state index in [1.165, 1.54) is 7.11 Å². The molecular formula is C16H18N2O3. The van der Waals surface area contributed by atoms with Gasteiger partial charge in [-0.15, -0.1) is 0 Å². The van der Waals surface area contributed by atoms with E-state index in [4.69, 9.17) is 9.47 Å². The molecule has 1 aromatic heterocycles. The Kier molecular flexibility index (Phi) is 3.41. The number of fused-ring (bicyclic) bond motifs is 1. The molecule has 0 radical (unpaired) electrons. The number of imidazole rings is 1. The van der Waals surface area contributed by atoms with Crippen LogP contribution in [0.1, 0.15) is 35.9 Å². The van der Waals surface area contributed by atoms with Gasteiger partial charge in [0.1, 0.15) is 17.5 Å². The van der Waals surface area contributed by atoms with Gasteiger partial charge in [0.2, 0.25) is 0 Å². The van der Waals surface area contributed by atoms with Gasteiger partial charge in [-0.2, -0.15) is 0 Å². The number of hydrogen-bond acceptors (Lipinski definition) is 4. The number of carbonyl (C=O) groups excluding carboxylic acids is 1. The number of methoxy groups -OCH3 is 1. The number of esters is 1. The van der Waals surface area contributed by atoms with Crippen molar-refractivity contribution in [1.29, 1.82) is 0 Å². The van der Waals surface area contributed by atoms with Crippen LogP contribution in [0.5, 0.6) is 5.75 Å². The first-order valence-corrected chi connectivity index (χ1v) is 6.99. The van der Waals surface area contributed by atoms with Gasteiger partial charge in [0.15, 0.2) is 0 Å². The fraction of sp³-hybridized carbons (Fsp3) is 0.375. The van der Waals surface area contributed by atoms with Gasteiger partial charge in [0, 0.05) is 11.5 Å². The van der Waals surface area contributed by atoms with Crippen LogP contribution in [0, 0.1) is 5.92 Å². The molecule has 2 aromatic rings. The topological polar surface area (TPSA) is 53.3 Å². The van der Waals surface area contributed by atoms with Crippen molar-refractivity contribution in [1.82, 2.24) is 9.55 Å². The Morgan fingerprint density at radius 2 is 2.10 bits per heavy atom. The van der Waals surface area contributed by atoms with Gasteiger partial charge in [-0.3, -0.25) is 0 Å². The van der Waals surface area contributed by atoms with Gasteiger partial charge in [-0.05, 0) is 13.0 Å². The smallest absolute Gasteiger partial charge is 0.356 e. The van der Waals surface area contributed by atoms with Crippen LogP contribution in [0.15, 0.2) is 36.8 Å². The molecule has 3 atom stereocenters. The second-order valence-corrected chi connectivity index (χ2v) is 5.34. The number of hydrogen-bond donors (Lipinski definition) is 0. The number of aromatic nitrogens is 2. The van der Waals surface area contributed by atoms with Gasteiger partial charge < -0.3 is 14.0 Å². The highest BCUT2D eigenvalue weighted by Gasteiger charge is 2.35. The SMILES string of the molecule is COC(=O)c1cncn1C1c2ccccc2OC(C)C1C. The fourth-order valence-corrected chi connectivity index (χ4v) is 2.87. The fourth-order valence-electron chi connectivity index (χ4n) is 2.87. The molecule has 3 unspecified atom stereocenters. The first kappa shape index (κ1) is 13.7. The highest BCUT2D eigenvalue weighted by Crippen LogP contribution is 2.41. The number of rotatable bonds is 2. The third kappa shape index (κ3) is 2.18. The van der Waals surface area contributed by atoms with E-state index in [1.54, 1.807) is 12.5 Å². The summed E-state index contributed by atoms with van der Waals surface area (Å²) in [7, 11) is 1.38. The maximum absolute atomic E-state index is 11.9. The van der Waals surface area contributed by atoms with E-state index in [2.05, 4.69) is 11.9 Å². The minimum absolute atomic E-state index is 0.00144. The molecule has 110 valence electrons. The molecule has 0 saturated heterocycles. The molecular weight excluding hydrogens is 268 g/mol. The normalized spacial score (nSPS) is 24.0. The van der Waals surface area contributed by atoms with E-state index in [-0.39, 0.29) is 24.0 Å². The predicted octanol–water partition coefficient (Wildman–Crippen LogP) is 2.68. The maximum atomic E-state index is 11.9. The average Bonchev–Trinajstić information content (AvgIpc) is 2.97. The Morgan fingerprint density at radius 1 is 1.33 bits per heavy atom. The number of benzene rings is 1. The largest absolute Gasteiger partial charge is 0.490 e. The van der Waals surface area contributed by atoms with Crippen LogP contribution in [0.3, 0.4) is 0 Å². The lowest BCUT2D eigenvalue weighted by Crippen LogP contribution is -2.36. The van der Waals surface area contributed by atoms with Crippen molar-refractivity contribution >= 4 is 5.97 Å². The van der Waals surface area contributed by atoms with Crippen LogP contribution in [0.2, 0.25) is 0 Å². The summed E-state index contributed by atoms with van der Waals surface area (Å²) in [6.07, 6.45) is 3.28. The van der Waals surface area contributed by atoms with Crippen LogP contribution in [-0.2, 0) is 4.74 Å². The summed E-state index contributed by atoms with van der Waals surface area (Å²) >= 11 is 0. The molecule has 0 saturated carbocycles. The Bertz CT molecular complexity index is 665. The zero-order valence-corrected chi connectivity index (χ0v) is 12.3. The second kappa shape index (κ2) is 5.24. The van der Waals surface area contributed by atoms with Crippen molar-refractivity contribution < 1.29 is 14.3 Å². The van der Waals surface area contributed by atoms with Crippen molar-refractivity contribution in [2.45, 2.75) is 26.0 Å². The van der Waals surface area contributed by atoms with Gasteiger partial charge in [0.25, 0.3) is 0 Å². The van der Waals surface area contributed by atoms with Crippen LogP contribution < -0.4 is 4.74 Å². The molecule has 0 fully saturated rings. The molecule has 1 aliphatic heterocycles. The summed E-state index contributed by atoms with van der Waals surface area (Å²) in [5.41, 5.74) is 1.52. The highest BCUT2D eigenvalue weighted by atomic mass is 16.5. The minimum atomic E-state index is -0.378. The molecule has 5 nitrogen and oxygen atoms in total. The van der Waals surface area contributed by atoms with Crippen LogP contribution >= 0.6 is 0 Å². The number of ether oxygens (including phenoxy) is 2. The van der Waals surface area contributed by atoms with Crippen molar-refractivity contribution in [2.24, 2.45) is 5.92 Å². The molecule has 0 bridgehead atoms. The Balaban J connectivity index is 2.13. The summed E-state index contributed by atoms with van der Waals surface area (Å²) in [5, 5.41) is 0. The molecule has 21 heavy (non-hydrogen) atoms. The highest BCUT2D eigenvalue weighted by molar-refractivity contribution is 5.87. The zero-order valence-electron chi connectivity index (χ0n) is 12.3. The van der Waals surface area contributed by atoms with Gasteiger partial charge in [-0.1, -0.05) is 25.1 Å². The Labute approximate surface area is 123 Å². The maximum Gasteiger partial charge on any atom is 0.356 e. The van der Waals surface area contributed by atoms with Crippen molar-refractivity contribution in [2.75, 3.05) is 7.11 Å². The summed E-state index contributed by atoms with van der Waals surface area (Å²) in [6.45, 7) is 4.16. The number of para-hydroxylation sites is 1. The molecule has 0 N–H and O–H groups in total. The summed E-state index contributed by atoms with van der Waals surface area (Å²) in [4.78, 5) is 16.0. The molecule has 0 aliphatic carbocycles. The van der Waals surface area contributed by atoms with E-state index in [0.717, 1.165) is 11.3 Å². The summed E-state index contributed by atoms with van der Waals surface area (Å²) < 4.78 is 12.7. The monoisotopic (exact) mass is 286 g/mol. The van der Waals surface area contributed by atoms with Crippen molar-refractivity contribution in [3.8, 4) is 5.75 Å². The summed E-state index contributed by atoms with van der Waals surface area (Å²) in [5.74, 6) is 0.687. The molecule has 0 amide bonds. The van der Waals surface area contributed by atoms with Crippen LogP contribution in [0.4, 0.5) is 0 Å². The molecule has 3 rings (SSSR count). The minimum Gasteiger partial charge on any atom is -0.490 e. The molecule has 1 aliphatic rings. The molecule has 1 aromatic carbocycles. The zero-order chi connectivity index (χ0) is 15.0. The van der Waals surface area contributed by atoms with E-state index >= 15 is 0 Å². The van der Waals surface area contributed by atoms with E-state index in [0.29, 0.717) is 5.69 Å². The first-order valence-electron chi connectivity index (χ1n) is 6.99. The first-order chi connectivity index (χ1) is 10.1. The predicted molar refractivity (Wildman–Crippen MR) is 77.4 cm³/mol. The van der Waals surface area contributed by atoms with E-state index < -0.39 is 0 Å². The molecule has 2 heterocycles. The Morgan fingerprint density at radius 3 is 2.86 bits per heavy atom. The van der Waals surface area contributed by atoms with Gasteiger partial charge in [-0.25, -0.2) is 9.78 Å². The Hall–Kier alpha value is -2.30. The van der Waals surface area contributed by atoms with E-state index in [1.807, 2.05) is 35.8 Å². The van der Waals surface area contributed by atoms with Crippen molar-refractivity contribution in [3.63, 3.8) is 0 Å². The third-order valence-electron chi connectivity index (χ3n) is 4.15. The lowest BCUT2D eigenvalue weighted by Gasteiger charge is -2.37. The number of nitrogens with zero attached hydrogens (tertiary/aromatic N) is 2. The van der Waals surface area contributed by atoms with Gasteiger partial charge in [0.05, 0.1) is 25.7 Å². The van der Waals surface area contributed by atoms with Crippen LogP contribution in [-0.4, -0.2) is 28.7 Å². The summed E-state index contributed by atoms with van der Waals surface area (Å²) in [6, 6.07) is 7.92. The quantitative estimate of drug-likeness (QED) is 0.796. The average molecular weight is 286 g/mol. The molecule has 0 spiro atoms. The standard InChI is InChI=1S/C16H18N2O3/c1-10-11(2)21-14-7-5-4-6-12(14)15(10)18-9-17-8-13(18)16(19)20-3/h4-11,15H,1-3H3. The van der Waals surface area contributed by atoms with Crippen LogP contribution in [0.25, 0.3) is 0 Å². The molecule has 5 heteroatoms. The lowest BCUT2D eigenvalue weighted by atomic mass is 9.87. The van der Waals surface area contributed by atoms with Crippen molar-refractivity contribution in [3.05, 3.63) is 48.0 Å². The second-order valence-electron chi connectivity index (χ2n) is 5.34. The number of carbonyl (C=O) groups is 1.